The van der Waals surface area contributed by atoms with Crippen molar-refractivity contribution in [3.63, 3.8) is 0 Å². The molecule has 0 amide bonds. The van der Waals surface area contributed by atoms with E-state index in [0.29, 0.717) is 0 Å². The summed E-state index contributed by atoms with van der Waals surface area (Å²) in [4.78, 5) is 4.36. The fourth-order valence-electron chi connectivity index (χ4n) is 3.45. The second-order valence-corrected chi connectivity index (χ2v) is 6.92. The van der Waals surface area contributed by atoms with Crippen molar-refractivity contribution in [2.45, 2.75) is 51.0 Å². The number of guanidine groups is 1. The van der Waals surface area contributed by atoms with E-state index >= 15 is 0 Å². The Kier molecular flexibility index (Phi) is 8.92. The van der Waals surface area contributed by atoms with Crippen LogP contribution < -0.4 is 10.6 Å². The number of hydrogen-bond donors (Lipinski definition) is 2. The van der Waals surface area contributed by atoms with Gasteiger partial charge < -0.3 is 20.1 Å². The van der Waals surface area contributed by atoms with E-state index in [2.05, 4.69) is 59.8 Å². The second kappa shape index (κ2) is 11.2. The maximum Gasteiger partial charge on any atom is 0.191 e. The first kappa shape index (κ1) is 20.7. The monoisotopic (exact) mass is 361 g/mol. The maximum absolute atomic E-state index is 5.80. The maximum atomic E-state index is 5.80. The molecule has 0 aromatic heterocycles. The fourth-order valence-corrected chi connectivity index (χ4v) is 3.45. The smallest absolute Gasteiger partial charge is 0.191 e. The zero-order chi connectivity index (χ0) is 18.7. The van der Waals surface area contributed by atoms with Crippen LogP contribution in [0.1, 0.15) is 45.1 Å². The Bertz CT molecular complexity index is 523. The van der Waals surface area contributed by atoms with Crippen molar-refractivity contribution >= 4 is 5.96 Å². The summed E-state index contributed by atoms with van der Waals surface area (Å²) in [6.45, 7) is 8.58. The Balaban J connectivity index is 1.75. The van der Waals surface area contributed by atoms with Gasteiger partial charge in [0, 0.05) is 38.8 Å². The van der Waals surface area contributed by atoms with Crippen molar-refractivity contribution in [3.8, 4) is 0 Å². The molecule has 0 spiro atoms. The third kappa shape index (κ3) is 5.99. The minimum absolute atomic E-state index is 0.129. The standard InChI is InChI=1S/C21H35N3O2/c1-4-21(5-2,18-10-7-6-8-11-18)17-24-20(22-3)23-13-9-14-26-19-12-15-25-16-19/h6-8,10-11,19H,4-5,9,12-17H2,1-3H3,(H2,22,23,24). The number of nitrogens with one attached hydrogen (secondary N) is 2. The molecule has 5 heteroatoms. The second-order valence-electron chi connectivity index (χ2n) is 6.92. The van der Waals surface area contributed by atoms with Crippen molar-refractivity contribution in [2.24, 2.45) is 4.99 Å². The SMILES string of the molecule is CCC(CC)(CNC(=NC)NCCCOC1CCOC1)c1ccccc1. The lowest BCUT2D eigenvalue weighted by atomic mass is 9.76. The lowest BCUT2D eigenvalue weighted by Crippen LogP contribution is -2.45. The van der Waals surface area contributed by atoms with E-state index in [4.69, 9.17) is 9.47 Å². The topological polar surface area (TPSA) is 54.9 Å². The highest BCUT2D eigenvalue weighted by atomic mass is 16.5. The first-order valence-electron chi connectivity index (χ1n) is 9.93. The van der Waals surface area contributed by atoms with Gasteiger partial charge in [-0.1, -0.05) is 44.2 Å². The minimum atomic E-state index is 0.129. The molecule has 1 aromatic rings. The molecular weight excluding hydrogens is 326 g/mol. The zero-order valence-electron chi connectivity index (χ0n) is 16.6. The van der Waals surface area contributed by atoms with Gasteiger partial charge in [-0.05, 0) is 31.2 Å². The van der Waals surface area contributed by atoms with E-state index in [-0.39, 0.29) is 11.5 Å². The summed E-state index contributed by atoms with van der Waals surface area (Å²) in [5.74, 6) is 0.858. The lowest BCUT2D eigenvalue weighted by Gasteiger charge is -2.33. The van der Waals surface area contributed by atoms with E-state index in [1.165, 1.54) is 5.56 Å². The Hall–Kier alpha value is -1.59. The van der Waals surface area contributed by atoms with Gasteiger partial charge in [0.25, 0.3) is 0 Å². The molecule has 5 nitrogen and oxygen atoms in total. The molecule has 1 atom stereocenters. The van der Waals surface area contributed by atoms with E-state index < -0.39 is 0 Å². The van der Waals surface area contributed by atoms with Gasteiger partial charge >= 0.3 is 0 Å². The van der Waals surface area contributed by atoms with Crippen LogP contribution in [-0.4, -0.2) is 52.0 Å². The summed E-state index contributed by atoms with van der Waals surface area (Å²) in [6, 6.07) is 10.8. The highest BCUT2D eigenvalue weighted by molar-refractivity contribution is 5.79. The van der Waals surface area contributed by atoms with Gasteiger partial charge in [0.05, 0.1) is 12.7 Å². The number of nitrogens with zero attached hydrogens (tertiary/aromatic N) is 1. The molecule has 1 saturated heterocycles. The molecule has 1 aliphatic heterocycles. The van der Waals surface area contributed by atoms with Crippen LogP contribution in [-0.2, 0) is 14.9 Å². The quantitative estimate of drug-likeness (QED) is 0.382. The van der Waals surface area contributed by atoms with Crippen LogP contribution in [0, 0.1) is 0 Å². The van der Waals surface area contributed by atoms with Crippen molar-refractivity contribution in [3.05, 3.63) is 35.9 Å². The number of aliphatic imine (C=N–C) groups is 1. The van der Waals surface area contributed by atoms with Crippen molar-refractivity contribution < 1.29 is 9.47 Å². The van der Waals surface area contributed by atoms with Crippen molar-refractivity contribution in [2.75, 3.05) is 40.0 Å². The highest BCUT2D eigenvalue weighted by Crippen LogP contribution is 2.30. The molecule has 0 radical (unpaired) electrons. The third-order valence-electron chi connectivity index (χ3n) is 5.41. The van der Waals surface area contributed by atoms with Crippen LogP contribution in [0.4, 0.5) is 0 Å². The van der Waals surface area contributed by atoms with Gasteiger partial charge in [-0.3, -0.25) is 4.99 Å². The van der Waals surface area contributed by atoms with Crippen LogP contribution in [0.3, 0.4) is 0 Å². The Morgan fingerprint density at radius 3 is 2.62 bits per heavy atom. The number of hydrogen-bond acceptors (Lipinski definition) is 3. The van der Waals surface area contributed by atoms with Gasteiger partial charge in [-0.25, -0.2) is 0 Å². The molecule has 1 fully saturated rings. The average Bonchev–Trinajstić information content (AvgIpc) is 3.21. The number of benzene rings is 1. The molecule has 1 aromatic carbocycles. The van der Waals surface area contributed by atoms with Gasteiger partial charge in [-0.15, -0.1) is 0 Å². The molecule has 1 heterocycles. The molecule has 0 bridgehead atoms. The van der Waals surface area contributed by atoms with Gasteiger partial charge in [0.1, 0.15) is 0 Å². The van der Waals surface area contributed by atoms with Crippen LogP contribution in [0.2, 0.25) is 0 Å². The van der Waals surface area contributed by atoms with E-state index in [9.17, 15) is 0 Å². The summed E-state index contributed by atoms with van der Waals surface area (Å²) >= 11 is 0. The molecule has 26 heavy (non-hydrogen) atoms. The first-order chi connectivity index (χ1) is 12.7. The summed E-state index contributed by atoms with van der Waals surface area (Å²) in [7, 11) is 1.82. The highest BCUT2D eigenvalue weighted by Gasteiger charge is 2.28. The van der Waals surface area contributed by atoms with E-state index in [1.54, 1.807) is 0 Å². The number of rotatable bonds is 10. The number of ether oxygens (including phenoxy) is 2. The molecule has 2 N–H and O–H groups in total. The van der Waals surface area contributed by atoms with Crippen molar-refractivity contribution in [1.82, 2.24) is 10.6 Å². The largest absolute Gasteiger partial charge is 0.379 e. The van der Waals surface area contributed by atoms with Gasteiger partial charge in [-0.2, -0.15) is 0 Å². The zero-order valence-corrected chi connectivity index (χ0v) is 16.6. The molecule has 1 unspecified atom stereocenters. The average molecular weight is 362 g/mol. The van der Waals surface area contributed by atoms with Crippen LogP contribution >= 0.6 is 0 Å². The lowest BCUT2D eigenvalue weighted by molar-refractivity contribution is 0.0420. The Morgan fingerprint density at radius 2 is 2.00 bits per heavy atom. The summed E-state index contributed by atoms with van der Waals surface area (Å²) in [6.07, 6.45) is 4.45. The van der Waals surface area contributed by atoms with Crippen LogP contribution in [0.5, 0.6) is 0 Å². The molecule has 146 valence electrons. The Morgan fingerprint density at radius 1 is 1.23 bits per heavy atom. The van der Waals surface area contributed by atoms with Gasteiger partial charge in [0.15, 0.2) is 5.96 Å². The van der Waals surface area contributed by atoms with Crippen LogP contribution in [0.25, 0.3) is 0 Å². The molecular formula is C21H35N3O2. The predicted molar refractivity (Wildman–Crippen MR) is 108 cm³/mol. The van der Waals surface area contributed by atoms with Crippen molar-refractivity contribution in [1.29, 1.82) is 0 Å². The predicted octanol–water partition coefficient (Wildman–Crippen LogP) is 3.11. The molecule has 2 rings (SSSR count). The third-order valence-corrected chi connectivity index (χ3v) is 5.41. The fraction of sp³-hybridized carbons (Fsp3) is 0.667. The van der Waals surface area contributed by atoms with E-state index in [1.807, 2.05) is 7.05 Å². The first-order valence-corrected chi connectivity index (χ1v) is 9.93. The Labute approximate surface area is 158 Å². The molecule has 0 saturated carbocycles. The molecule has 1 aliphatic rings. The van der Waals surface area contributed by atoms with E-state index in [0.717, 1.165) is 64.6 Å². The normalized spacial score (nSPS) is 18.1. The minimum Gasteiger partial charge on any atom is -0.379 e. The molecule has 0 aliphatic carbocycles. The summed E-state index contributed by atoms with van der Waals surface area (Å²) in [5.41, 5.74) is 1.52. The van der Waals surface area contributed by atoms with Gasteiger partial charge in [0.2, 0.25) is 0 Å². The van der Waals surface area contributed by atoms with Crippen LogP contribution in [0.15, 0.2) is 35.3 Å². The summed E-state index contributed by atoms with van der Waals surface area (Å²) in [5, 5.41) is 6.92. The summed E-state index contributed by atoms with van der Waals surface area (Å²) < 4.78 is 11.1.